The lowest BCUT2D eigenvalue weighted by atomic mass is 10.3. The Morgan fingerprint density at radius 2 is 2.00 bits per heavy atom. The van der Waals surface area contributed by atoms with E-state index in [9.17, 15) is 0 Å². The van der Waals surface area contributed by atoms with Gasteiger partial charge in [0.2, 0.25) is 5.95 Å². The quantitative estimate of drug-likeness (QED) is 0.654. The fourth-order valence-electron chi connectivity index (χ4n) is 1.52. The predicted molar refractivity (Wildman–Crippen MR) is 79.5 cm³/mol. The number of hydrogen-bond donors (Lipinski definition) is 1. The number of ether oxygens (including phenoxy) is 1. The third kappa shape index (κ3) is 3.64. The summed E-state index contributed by atoms with van der Waals surface area (Å²) in [7, 11) is 0. The second kappa shape index (κ2) is 6.81. The molecule has 2 aromatic rings. The maximum atomic E-state index is 5.73. The maximum Gasteiger partial charge on any atom is 0.253 e. The van der Waals surface area contributed by atoms with Crippen LogP contribution >= 0.6 is 11.6 Å². The molecule has 1 N–H and O–H groups in total. The molecule has 0 fully saturated rings. The van der Waals surface area contributed by atoms with Crippen molar-refractivity contribution in [3.05, 3.63) is 30.1 Å². The normalized spacial score (nSPS) is 10.1. The van der Waals surface area contributed by atoms with Crippen LogP contribution in [0.5, 0.6) is 5.75 Å². The van der Waals surface area contributed by atoms with Gasteiger partial charge in [-0.3, -0.25) is 0 Å². The van der Waals surface area contributed by atoms with Crippen molar-refractivity contribution >= 4 is 35.9 Å². The van der Waals surface area contributed by atoms with Crippen molar-refractivity contribution < 1.29 is 4.74 Å². The number of aliphatic imine (C=N–C) groups is 1. The lowest BCUT2D eigenvalue weighted by molar-refractivity contribution is 0.340. The topological polar surface area (TPSA) is 72.3 Å². The average molecular weight is 292 g/mol. The summed E-state index contributed by atoms with van der Waals surface area (Å²) >= 11 is 5.73. The van der Waals surface area contributed by atoms with Crippen molar-refractivity contribution in [2.45, 2.75) is 12.8 Å². The second-order valence-corrected chi connectivity index (χ2v) is 4.02. The molecule has 0 spiro atoms. The molecule has 1 aromatic carbocycles. The van der Waals surface area contributed by atoms with Crippen molar-refractivity contribution in [1.29, 1.82) is 0 Å². The molecule has 0 saturated heterocycles. The summed E-state index contributed by atoms with van der Waals surface area (Å²) in [6.07, 6.45) is 0. The van der Waals surface area contributed by atoms with Crippen LogP contribution in [0.2, 0.25) is 0 Å². The Balaban J connectivity index is 2.18. The molecule has 0 aliphatic carbocycles. The molecule has 0 unspecified atom stereocenters. The molecule has 0 atom stereocenters. The second-order valence-electron chi connectivity index (χ2n) is 3.75. The van der Waals surface area contributed by atoms with Crippen molar-refractivity contribution in [3.8, 4) is 5.75 Å². The van der Waals surface area contributed by atoms with Crippen LogP contribution in [0, 0.1) is 0 Å². The minimum Gasteiger partial charge on any atom is -0.494 e. The van der Waals surface area contributed by atoms with Gasteiger partial charge in [0.1, 0.15) is 5.75 Å². The van der Waals surface area contributed by atoms with Crippen LogP contribution in [0.1, 0.15) is 12.7 Å². The number of aromatic nitrogens is 3. The number of rotatable bonds is 6. The van der Waals surface area contributed by atoms with Crippen molar-refractivity contribution in [2.24, 2.45) is 4.99 Å². The largest absolute Gasteiger partial charge is 0.494 e. The molecule has 1 heterocycles. The van der Waals surface area contributed by atoms with Gasteiger partial charge < -0.3 is 10.1 Å². The maximum absolute atomic E-state index is 5.73. The number of anilines is 2. The van der Waals surface area contributed by atoms with E-state index < -0.39 is 0 Å². The van der Waals surface area contributed by atoms with Gasteiger partial charge in [-0.1, -0.05) is 0 Å². The molecule has 0 bridgehead atoms. The fourth-order valence-corrected chi connectivity index (χ4v) is 1.64. The molecule has 0 aliphatic rings. The predicted octanol–water partition coefficient (Wildman–Crippen LogP) is 3.08. The van der Waals surface area contributed by atoms with Crippen molar-refractivity contribution in [1.82, 2.24) is 15.0 Å². The highest BCUT2D eigenvalue weighted by Gasteiger charge is 2.05. The summed E-state index contributed by atoms with van der Waals surface area (Å²) in [5, 5.41) is 3.06. The zero-order valence-corrected chi connectivity index (χ0v) is 11.8. The molecule has 6 nitrogen and oxygen atoms in total. The smallest absolute Gasteiger partial charge is 0.253 e. The Morgan fingerprint density at radius 3 is 2.60 bits per heavy atom. The first kappa shape index (κ1) is 14.2. The molecule has 20 heavy (non-hydrogen) atoms. The molecule has 7 heteroatoms. The minimum atomic E-state index is 0.184. The molecule has 0 aliphatic heterocycles. The highest BCUT2D eigenvalue weighted by molar-refractivity contribution is 6.16. The Hall–Kier alpha value is -2.21. The van der Waals surface area contributed by atoms with Gasteiger partial charge in [0, 0.05) is 5.69 Å². The van der Waals surface area contributed by atoms with Gasteiger partial charge in [-0.05, 0) is 37.9 Å². The Morgan fingerprint density at radius 1 is 1.25 bits per heavy atom. The zero-order chi connectivity index (χ0) is 14.4. The molecule has 0 saturated carbocycles. The Bertz CT molecular complexity index is 588. The Kier molecular flexibility index (Phi) is 4.84. The summed E-state index contributed by atoms with van der Waals surface area (Å²) in [5.41, 5.74) is 0.829. The summed E-state index contributed by atoms with van der Waals surface area (Å²) in [4.78, 5) is 16.0. The summed E-state index contributed by atoms with van der Waals surface area (Å²) in [6.45, 7) is 5.97. The molecule has 2 rings (SSSR count). The van der Waals surface area contributed by atoms with Gasteiger partial charge >= 0.3 is 0 Å². The van der Waals surface area contributed by atoms with Crippen molar-refractivity contribution in [2.75, 3.05) is 11.9 Å². The number of nitrogens with zero attached hydrogens (tertiary/aromatic N) is 4. The third-order valence-corrected chi connectivity index (χ3v) is 2.59. The molecular weight excluding hydrogens is 278 g/mol. The van der Waals surface area contributed by atoms with Gasteiger partial charge in [0.05, 0.1) is 12.5 Å². The van der Waals surface area contributed by atoms with Crippen LogP contribution in [0.25, 0.3) is 0 Å². The van der Waals surface area contributed by atoms with E-state index in [1.54, 1.807) is 0 Å². The molecule has 1 aromatic heterocycles. The minimum absolute atomic E-state index is 0.184. The summed E-state index contributed by atoms with van der Waals surface area (Å²) in [6, 6.07) is 7.47. The van der Waals surface area contributed by atoms with E-state index in [4.69, 9.17) is 16.3 Å². The van der Waals surface area contributed by atoms with Gasteiger partial charge in [-0.25, -0.2) is 4.99 Å². The SMILES string of the molecule is C=Nc1nc(CCl)nc(Nc2ccc(OCC)cc2)n1. The lowest BCUT2D eigenvalue weighted by Crippen LogP contribution is -2.02. The van der Waals surface area contributed by atoms with Gasteiger partial charge in [-0.15, -0.1) is 11.6 Å². The van der Waals surface area contributed by atoms with Gasteiger partial charge in [0.25, 0.3) is 5.95 Å². The van der Waals surface area contributed by atoms with Crippen LogP contribution in [0.4, 0.5) is 17.6 Å². The van der Waals surface area contributed by atoms with Crippen LogP contribution < -0.4 is 10.1 Å². The molecule has 104 valence electrons. The van der Waals surface area contributed by atoms with E-state index in [0.29, 0.717) is 18.4 Å². The summed E-state index contributed by atoms with van der Waals surface area (Å²) in [5.74, 6) is 2.05. The average Bonchev–Trinajstić information content (AvgIpc) is 2.49. The first-order chi connectivity index (χ1) is 9.75. The van der Waals surface area contributed by atoms with E-state index in [-0.39, 0.29) is 11.8 Å². The monoisotopic (exact) mass is 291 g/mol. The van der Waals surface area contributed by atoms with Crippen molar-refractivity contribution in [3.63, 3.8) is 0 Å². The third-order valence-electron chi connectivity index (χ3n) is 2.35. The lowest BCUT2D eigenvalue weighted by Gasteiger charge is -2.07. The molecule has 0 radical (unpaired) electrons. The van der Waals surface area contributed by atoms with E-state index in [1.807, 2.05) is 31.2 Å². The Labute approximate surface area is 121 Å². The van der Waals surface area contributed by atoms with Gasteiger partial charge in [0.15, 0.2) is 5.82 Å². The number of hydrogen-bond acceptors (Lipinski definition) is 6. The number of alkyl halides is 1. The first-order valence-electron chi connectivity index (χ1n) is 6.02. The number of halogens is 1. The van der Waals surface area contributed by atoms with Gasteiger partial charge in [-0.2, -0.15) is 15.0 Å². The van der Waals surface area contributed by atoms with E-state index in [2.05, 4.69) is 32.0 Å². The van der Waals surface area contributed by atoms with E-state index in [0.717, 1.165) is 11.4 Å². The van der Waals surface area contributed by atoms with Crippen LogP contribution in [-0.4, -0.2) is 28.3 Å². The van der Waals surface area contributed by atoms with E-state index in [1.165, 1.54) is 0 Å². The van der Waals surface area contributed by atoms with Crippen LogP contribution in [0.15, 0.2) is 29.3 Å². The first-order valence-corrected chi connectivity index (χ1v) is 6.56. The standard InChI is InChI=1S/C13H14ClN5O/c1-3-20-10-6-4-9(5-7-10)16-13-18-11(8-14)17-12(15-2)19-13/h4-7H,2-3,8H2,1H3,(H,16,17,18,19). The molecular formula is C13H14ClN5O. The zero-order valence-electron chi connectivity index (χ0n) is 11.0. The van der Waals surface area contributed by atoms with E-state index >= 15 is 0 Å². The van der Waals surface area contributed by atoms with Crippen LogP contribution in [0.3, 0.4) is 0 Å². The molecule has 0 amide bonds. The number of benzene rings is 1. The highest BCUT2D eigenvalue weighted by atomic mass is 35.5. The summed E-state index contributed by atoms with van der Waals surface area (Å²) < 4.78 is 5.37. The number of nitrogens with one attached hydrogen (secondary N) is 1. The van der Waals surface area contributed by atoms with Crippen LogP contribution in [-0.2, 0) is 5.88 Å². The highest BCUT2D eigenvalue weighted by Crippen LogP contribution is 2.19. The fraction of sp³-hybridized carbons (Fsp3) is 0.231.